The number of benzene rings is 1. The smallest absolute Gasteiger partial charge is 0.0297 e. The molecule has 2 rings (SSSR count). The fraction of sp³-hybridized carbons (Fsp3) is 0.556. The highest BCUT2D eigenvalue weighted by Gasteiger charge is 2.12. The molecule has 0 bridgehead atoms. The van der Waals surface area contributed by atoms with Gasteiger partial charge in [-0.15, -0.1) is 0 Å². The first kappa shape index (κ1) is 14.3. The summed E-state index contributed by atoms with van der Waals surface area (Å²) in [5.74, 6) is 0. The molecule has 19 heavy (non-hydrogen) atoms. The second kappa shape index (κ2) is 6.38. The highest BCUT2D eigenvalue weighted by Crippen LogP contribution is 2.24. The molecule has 0 radical (unpaired) electrons. The Morgan fingerprint density at radius 1 is 1.16 bits per heavy atom. The van der Waals surface area contributed by atoms with Crippen molar-refractivity contribution in [3.05, 3.63) is 46.0 Å². The Morgan fingerprint density at radius 2 is 1.84 bits per heavy atom. The van der Waals surface area contributed by atoms with Crippen molar-refractivity contribution < 1.29 is 0 Å². The molecular weight excluding hydrogens is 230 g/mol. The fourth-order valence-corrected chi connectivity index (χ4v) is 3.39. The lowest BCUT2D eigenvalue weighted by Crippen LogP contribution is -2.21. The third-order valence-electron chi connectivity index (χ3n) is 4.20. The van der Waals surface area contributed by atoms with Gasteiger partial charge in [-0.05, 0) is 76.6 Å². The Kier molecular flexibility index (Phi) is 4.81. The van der Waals surface area contributed by atoms with Crippen molar-refractivity contribution in [3.63, 3.8) is 0 Å². The third-order valence-corrected chi connectivity index (χ3v) is 4.20. The van der Waals surface area contributed by atoms with E-state index < -0.39 is 0 Å². The van der Waals surface area contributed by atoms with Gasteiger partial charge in [0.1, 0.15) is 0 Å². The number of hydrogen-bond acceptors (Lipinski definition) is 1. The average molecular weight is 257 g/mol. The van der Waals surface area contributed by atoms with E-state index in [0.29, 0.717) is 6.04 Å². The van der Waals surface area contributed by atoms with Crippen molar-refractivity contribution in [2.45, 2.75) is 59.4 Å². The van der Waals surface area contributed by atoms with Gasteiger partial charge in [-0.2, -0.15) is 0 Å². The number of hydrogen-bond donors (Lipinski definition) is 1. The van der Waals surface area contributed by atoms with E-state index in [2.05, 4.69) is 51.2 Å². The second-order valence-corrected chi connectivity index (χ2v) is 5.99. The minimum absolute atomic E-state index is 0.447. The maximum Gasteiger partial charge on any atom is 0.0297 e. The maximum absolute atomic E-state index is 3.69. The van der Waals surface area contributed by atoms with Crippen LogP contribution >= 0.6 is 0 Å². The molecule has 1 aliphatic carbocycles. The largest absolute Gasteiger partial charge is 0.310 e. The van der Waals surface area contributed by atoms with Crippen LogP contribution in [0.1, 0.15) is 60.9 Å². The van der Waals surface area contributed by atoms with Crippen LogP contribution in [0, 0.1) is 20.8 Å². The minimum atomic E-state index is 0.447. The van der Waals surface area contributed by atoms with Crippen molar-refractivity contribution in [1.82, 2.24) is 5.32 Å². The first-order valence-electron chi connectivity index (χ1n) is 7.57. The normalized spacial score (nSPS) is 16.5. The van der Waals surface area contributed by atoms with Crippen LogP contribution in [0.2, 0.25) is 0 Å². The summed E-state index contributed by atoms with van der Waals surface area (Å²) >= 11 is 0. The molecule has 0 aromatic heterocycles. The second-order valence-electron chi connectivity index (χ2n) is 5.99. The third kappa shape index (κ3) is 3.70. The van der Waals surface area contributed by atoms with Gasteiger partial charge in [-0.3, -0.25) is 0 Å². The lowest BCUT2D eigenvalue weighted by atomic mass is 9.95. The Labute approximate surface area is 118 Å². The van der Waals surface area contributed by atoms with E-state index in [-0.39, 0.29) is 0 Å². The zero-order chi connectivity index (χ0) is 13.8. The summed E-state index contributed by atoms with van der Waals surface area (Å²) < 4.78 is 0. The topological polar surface area (TPSA) is 12.0 Å². The van der Waals surface area contributed by atoms with Gasteiger partial charge in [0.05, 0.1) is 0 Å². The van der Waals surface area contributed by atoms with Crippen LogP contribution in [0.4, 0.5) is 0 Å². The Bertz CT molecular complexity index is 448. The summed E-state index contributed by atoms with van der Waals surface area (Å²) in [4.78, 5) is 0. The van der Waals surface area contributed by atoms with Crippen molar-refractivity contribution in [3.8, 4) is 0 Å². The molecule has 1 heteroatoms. The van der Waals surface area contributed by atoms with Crippen LogP contribution in [0.15, 0.2) is 23.8 Å². The highest BCUT2D eigenvalue weighted by atomic mass is 14.9. The summed E-state index contributed by atoms with van der Waals surface area (Å²) in [5.41, 5.74) is 7.32. The Morgan fingerprint density at radius 3 is 2.42 bits per heavy atom. The number of rotatable bonds is 5. The van der Waals surface area contributed by atoms with E-state index in [4.69, 9.17) is 0 Å². The summed E-state index contributed by atoms with van der Waals surface area (Å²) in [6, 6.07) is 5.03. The summed E-state index contributed by atoms with van der Waals surface area (Å²) in [6.45, 7) is 10.0. The first-order chi connectivity index (χ1) is 9.08. The molecule has 0 spiro atoms. The Balaban J connectivity index is 1.94. The van der Waals surface area contributed by atoms with Gasteiger partial charge in [0.15, 0.2) is 0 Å². The number of nitrogens with one attached hydrogen (secondary N) is 1. The quantitative estimate of drug-likeness (QED) is 0.750. The molecule has 0 saturated carbocycles. The number of allylic oxidation sites excluding steroid dienone is 1. The van der Waals surface area contributed by atoms with Crippen LogP contribution in [0.3, 0.4) is 0 Å². The molecule has 0 fully saturated rings. The van der Waals surface area contributed by atoms with Crippen LogP contribution in [0.5, 0.6) is 0 Å². The predicted molar refractivity (Wildman–Crippen MR) is 83.6 cm³/mol. The number of aryl methyl sites for hydroxylation is 3. The zero-order valence-electron chi connectivity index (χ0n) is 12.8. The van der Waals surface area contributed by atoms with Gasteiger partial charge in [-0.1, -0.05) is 29.3 Å². The molecule has 0 saturated heterocycles. The molecule has 1 aliphatic rings. The maximum atomic E-state index is 3.69. The van der Waals surface area contributed by atoms with E-state index in [9.17, 15) is 0 Å². The van der Waals surface area contributed by atoms with Crippen LogP contribution in [-0.2, 0) is 0 Å². The molecule has 0 heterocycles. The fourth-order valence-electron chi connectivity index (χ4n) is 3.39. The van der Waals surface area contributed by atoms with E-state index in [0.717, 1.165) is 6.54 Å². The van der Waals surface area contributed by atoms with E-state index in [1.807, 2.05) is 0 Å². The summed E-state index contributed by atoms with van der Waals surface area (Å²) in [5, 5.41) is 3.69. The molecule has 1 nitrogen and oxygen atoms in total. The lowest BCUT2D eigenvalue weighted by Gasteiger charge is -2.20. The van der Waals surface area contributed by atoms with Crippen molar-refractivity contribution in [1.29, 1.82) is 0 Å². The summed E-state index contributed by atoms with van der Waals surface area (Å²) in [6.07, 6.45) is 7.61. The lowest BCUT2D eigenvalue weighted by molar-refractivity contribution is 0.568. The molecule has 1 unspecified atom stereocenters. The van der Waals surface area contributed by atoms with Gasteiger partial charge in [-0.25, -0.2) is 0 Å². The minimum Gasteiger partial charge on any atom is -0.310 e. The molecule has 104 valence electrons. The van der Waals surface area contributed by atoms with E-state index in [1.54, 1.807) is 5.57 Å². The summed E-state index contributed by atoms with van der Waals surface area (Å²) in [7, 11) is 0. The standard InChI is InChI=1S/C18H27N/c1-13-11-14(2)18(15(3)12-13)16(4)19-10-9-17-7-5-6-8-17/h7,11-12,16,19H,5-6,8-10H2,1-4H3. The molecular formula is C18H27N. The van der Waals surface area contributed by atoms with Crippen LogP contribution in [0.25, 0.3) is 0 Å². The SMILES string of the molecule is Cc1cc(C)c(C(C)NCCC2=CCCC2)c(C)c1. The van der Waals surface area contributed by atoms with E-state index in [1.165, 1.54) is 47.9 Å². The zero-order valence-corrected chi connectivity index (χ0v) is 12.8. The average Bonchev–Trinajstić information content (AvgIpc) is 2.80. The van der Waals surface area contributed by atoms with Gasteiger partial charge in [0.25, 0.3) is 0 Å². The van der Waals surface area contributed by atoms with Crippen molar-refractivity contribution >= 4 is 0 Å². The first-order valence-corrected chi connectivity index (χ1v) is 7.57. The van der Waals surface area contributed by atoms with Crippen LogP contribution in [-0.4, -0.2) is 6.54 Å². The monoisotopic (exact) mass is 257 g/mol. The predicted octanol–water partition coefficient (Wildman–Crippen LogP) is 4.76. The molecule has 0 amide bonds. The Hall–Kier alpha value is -1.08. The van der Waals surface area contributed by atoms with Gasteiger partial charge in [0.2, 0.25) is 0 Å². The van der Waals surface area contributed by atoms with E-state index >= 15 is 0 Å². The molecule has 1 aromatic carbocycles. The van der Waals surface area contributed by atoms with Gasteiger partial charge in [0, 0.05) is 6.04 Å². The van der Waals surface area contributed by atoms with Crippen molar-refractivity contribution in [2.75, 3.05) is 6.54 Å². The van der Waals surface area contributed by atoms with Gasteiger partial charge < -0.3 is 5.32 Å². The molecule has 1 N–H and O–H groups in total. The van der Waals surface area contributed by atoms with Crippen molar-refractivity contribution in [2.24, 2.45) is 0 Å². The van der Waals surface area contributed by atoms with Crippen LogP contribution < -0.4 is 5.32 Å². The van der Waals surface area contributed by atoms with Gasteiger partial charge >= 0.3 is 0 Å². The highest BCUT2D eigenvalue weighted by molar-refractivity contribution is 5.39. The molecule has 1 atom stereocenters. The molecule has 1 aromatic rings. The molecule has 0 aliphatic heterocycles.